The smallest absolute Gasteiger partial charge is 0.138 e. The lowest BCUT2D eigenvalue weighted by molar-refractivity contribution is 0.263. The molecule has 3 aromatic rings. The van der Waals surface area contributed by atoms with Gasteiger partial charge in [-0.1, -0.05) is 23.2 Å². The van der Waals surface area contributed by atoms with Crippen LogP contribution in [0.1, 0.15) is 6.42 Å². The number of rotatable bonds is 9. The maximum atomic E-state index is 9.08. The Balaban J connectivity index is 1.52. The summed E-state index contributed by atoms with van der Waals surface area (Å²) in [4.78, 5) is 10.5. The van der Waals surface area contributed by atoms with E-state index in [1.54, 1.807) is 24.3 Å². The zero-order chi connectivity index (χ0) is 21.6. The van der Waals surface area contributed by atoms with Gasteiger partial charge in [0, 0.05) is 23.3 Å². The van der Waals surface area contributed by atoms with Gasteiger partial charge in [0.1, 0.15) is 36.4 Å². The van der Waals surface area contributed by atoms with Crippen molar-refractivity contribution >= 4 is 46.2 Å². The van der Waals surface area contributed by atoms with Crippen molar-refractivity contribution in [3.8, 4) is 11.8 Å². The Morgan fingerprint density at radius 2 is 1.97 bits per heavy atom. The van der Waals surface area contributed by atoms with E-state index in [0.29, 0.717) is 46.9 Å². The average molecular weight is 456 g/mol. The zero-order valence-electron chi connectivity index (χ0n) is 16.5. The van der Waals surface area contributed by atoms with Crippen LogP contribution in [-0.2, 0) is 4.74 Å². The summed E-state index contributed by atoms with van der Waals surface area (Å²) in [5.74, 6) is 1.98. The van der Waals surface area contributed by atoms with E-state index in [2.05, 4.69) is 21.4 Å². The molecule has 1 atom stereocenters. The van der Waals surface area contributed by atoms with Crippen LogP contribution in [0.15, 0.2) is 54.9 Å². The van der Waals surface area contributed by atoms with Crippen molar-refractivity contribution in [2.75, 3.05) is 30.0 Å². The monoisotopic (exact) mass is 455 g/mol. The molecule has 0 saturated carbocycles. The number of hydrogen-bond acceptors (Lipinski definition) is 7. The highest BCUT2D eigenvalue weighted by Crippen LogP contribution is 2.34. The lowest BCUT2D eigenvalue weighted by Gasteiger charge is -2.24. The number of hydrogen-bond donors (Lipinski definition) is 1. The third kappa shape index (κ3) is 5.76. The molecule has 1 saturated heterocycles. The molecule has 1 unspecified atom stereocenters. The number of nitrogens with zero attached hydrogens (tertiary/aromatic N) is 4. The normalized spacial score (nSPS) is 14.5. The van der Waals surface area contributed by atoms with Crippen molar-refractivity contribution in [2.24, 2.45) is 0 Å². The van der Waals surface area contributed by atoms with Crippen LogP contribution in [0.25, 0.3) is 0 Å². The lowest BCUT2D eigenvalue weighted by Crippen LogP contribution is -2.20. The first-order valence-corrected chi connectivity index (χ1v) is 10.4. The molecule has 1 aromatic heterocycles. The molecule has 0 bridgehead atoms. The molecule has 1 aliphatic rings. The Kier molecular flexibility index (Phi) is 6.73. The van der Waals surface area contributed by atoms with Crippen LogP contribution in [0, 0.1) is 11.3 Å². The molecule has 2 heterocycles. The predicted octanol–water partition coefficient (Wildman–Crippen LogP) is 5.36. The van der Waals surface area contributed by atoms with Crippen LogP contribution in [-0.4, -0.2) is 35.8 Å². The van der Waals surface area contributed by atoms with Gasteiger partial charge in [0.2, 0.25) is 0 Å². The number of ether oxygens (including phenoxy) is 2. The van der Waals surface area contributed by atoms with Crippen LogP contribution in [0.4, 0.5) is 23.0 Å². The highest BCUT2D eigenvalue weighted by atomic mass is 35.5. The maximum Gasteiger partial charge on any atom is 0.138 e. The minimum atomic E-state index is 0.217. The van der Waals surface area contributed by atoms with E-state index in [9.17, 15) is 0 Å². The Bertz CT molecular complexity index is 1080. The van der Waals surface area contributed by atoms with Crippen molar-refractivity contribution in [3.05, 3.63) is 64.9 Å². The van der Waals surface area contributed by atoms with Crippen molar-refractivity contribution in [2.45, 2.75) is 12.5 Å². The summed E-state index contributed by atoms with van der Waals surface area (Å²) in [7, 11) is 0. The Labute approximate surface area is 190 Å². The Morgan fingerprint density at radius 3 is 2.71 bits per heavy atom. The number of anilines is 4. The fourth-order valence-corrected chi connectivity index (χ4v) is 3.30. The minimum Gasteiger partial charge on any atom is -0.491 e. The van der Waals surface area contributed by atoms with Gasteiger partial charge in [-0.05, 0) is 42.5 Å². The molecule has 31 heavy (non-hydrogen) atoms. The Morgan fingerprint density at radius 1 is 1.16 bits per heavy atom. The third-order valence-electron chi connectivity index (χ3n) is 4.54. The highest BCUT2D eigenvalue weighted by Gasteiger charge is 2.23. The SMILES string of the molecule is N#CCCN(c1cc(Nc2ccc(OCC3CO3)cc2)ncn1)c1cc(Cl)ccc1Cl. The molecule has 0 amide bonds. The first-order chi connectivity index (χ1) is 15.1. The van der Waals surface area contributed by atoms with E-state index in [0.717, 1.165) is 18.0 Å². The number of benzene rings is 2. The largest absolute Gasteiger partial charge is 0.491 e. The minimum absolute atomic E-state index is 0.217. The third-order valence-corrected chi connectivity index (χ3v) is 5.10. The summed E-state index contributed by atoms with van der Waals surface area (Å²) >= 11 is 12.6. The summed E-state index contributed by atoms with van der Waals surface area (Å²) in [6.07, 6.45) is 1.97. The molecule has 158 valence electrons. The van der Waals surface area contributed by atoms with Crippen LogP contribution in [0.5, 0.6) is 5.75 Å². The van der Waals surface area contributed by atoms with Gasteiger partial charge < -0.3 is 19.7 Å². The molecule has 7 nitrogen and oxygen atoms in total. The molecule has 2 aromatic carbocycles. The molecule has 0 spiro atoms. The van der Waals surface area contributed by atoms with E-state index in [1.165, 1.54) is 6.33 Å². The molecule has 4 rings (SSSR count). The van der Waals surface area contributed by atoms with E-state index < -0.39 is 0 Å². The summed E-state index contributed by atoms with van der Waals surface area (Å²) in [6.45, 7) is 1.73. The molecule has 0 radical (unpaired) electrons. The first-order valence-electron chi connectivity index (χ1n) is 9.65. The summed E-state index contributed by atoms with van der Waals surface area (Å²) in [5, 5.41) is 13.4. The van der Waals surface area contributed by atoms with Crippen LogP contribution >= 0.6 is 23.2 Å². The predicted molar refractivity (Wildman–Crippen MR) is 121 cm³/mol. The quantitative estimate of drug-likeness (QED) is 0.434. The first kappa shape index (κ1) is 21.2. The van der Waals surface area contributed by atoms with Gasteiger partial charge in [-0.2, -0.15) is 5.26 Å². The number of epoxide rings is 1. The van der Waals surface area contributed by atoms with Crippen LogP contribution < -0.4 is 15.0 Å². The number of aromatic nitrogens is 2. The average Bonchev–Trinajstić information content (AvgIpc) is 3.61. The fourth-order valence-electron chi connectivity index (χ4n) is 2.91. The molecular weight excluding hydrogens is 437 g/mol. The molecule has 1 fully saturated rings. The molecular formula is C22H19Cl2N5O2. The van der Waals surface area contributed by atoms with Gasteiger partial charge in [0.15, 0.2) is 0 Å². The zero-order valence-corrected chi connectivity index (χ0v) is 18.0. The van der Waals surface area contributed by atoms with E-state index in [1.807, 2.05) is 29.2 Å². The van der Waals surface area contributed by atoms with Gasteiger partial charge in [-0.3, -0.25) is 0 Å². The lowest BCUT2D eigenvalue weighted by atomic mass is 10.2. The number of halogens is 2. The van der Waals surface area contributed by atoms with Crippen molar-refractivity contribution in [1.29, 1.82) is 5.26 Å². The summed E-state index contributed by atoms with van der Waals surface area (Å²) in [6, 6.07) is 16.7. The standard InChI is InChI=1S/C22H19Cl2N5O2/c23-15-2-7-19(24)20(10-15)29(9-1-8-25)22-11-21(26-14-27-22)28-16-3-5-17(6-4-16)30-12-18-13-31-18/h2-7,10-11,14,18H,1,9,12-13H2,(H,26,27,28). The van der Waals surface area contributed by atoms with Crippen molar-refractivity contribution in [1.82, 2.24) is 9.97 Å². The van der Waals surface area contributed by atoms with Crippen molar-refractivity contribution in [3.63, 3.8) is 0 Å². The number of nitriles is 1. The highest BCUT2D eigenvalue weighted by molar-refractivity contribution is 6.35. The number of nitrogens with one attached hydrogen (secondary N) is 1. The molecule has 9 heteroatoms. The summed E-state index contributed by atoms with van der Waals surface area (Å²) < 4.78 is 10.8. The van der Waals surface area contributed by atoms with Crippen LogP contribution in [0.2, 0.25) is 10.0 Å². The summed E-state index contributed by atoms with van der Waals surface area (Å²) in [5.41, 5.74) is 1.53. The van der Waals surface area contributed by atoms with Gasteiger partial charge in [-0.25, -0.2) is 9.97 Å². The van der Waals surface area contributed by atoms with Gasteiger partial charge >= 0.3 is 0 Å². The van der Waals surface area contributed by atoms with Gasteiger partial charge in [-0.15, -0.1) is 0 Å². The molecule has 1 aliphatic heterocycles. The fraction of sp³-hybridized carbons (Fsp3) is 0.227. The van der Waals surface area contributed by atoms with E-state index in [-0.39, 0.29) is 6.10 Å². The van der Waals surface area contributed by atoms with Gasteiger partial charge in [0.05, 0.1) is 29.8 Å². The van der Waals surface area contributed by atoms with E-state index in [4.69, 9.17) is 37.9 Å². The second-order valence-corrected chi connectivity index (χ2v) is 7.68. The van der Waals surface area contributed by atoms with Crippen LogP contribution in [0.3, 0.4) is 0 Å². The molecule has 0 aliphatic carbocycles. The topological polar surface area (TPSA) is 86.6 Å². The Hall–Kier alpha value is -3.05. The maximum absolute atomic E-state index is 9.08. The second kappa shape index (κ2) is 9.84. The molecule has 1 N–H and O–H groups in total. The van der Waals surface area contributed by atoms with E-state index >= 15 is 0 Å². The second-order valence-electron chi connectivity index (χ2n) is 6.83. The van der Waals surface area contributed by atoms with Crippen molar-refractivity contribution < 1.29 is 9.47 Å². The van der Waals surface area contributed by atoms with Gasteiger partial charge in [0.25, 0.3) is 0 Å².